The summed E-state index contributed by atoms with van der Waals surface area (Å²) in [6.07, 6.45) is 2.64. The summed E-state index contributed by atoms with van der Waals surface area (Å²) in [7, 11) is 0. The van der Waals surface area contributed by atoms with Crippen LogP contribution < -0.4 is 0 Å². The summed E-state index contributed by atoms with van der Waals surface area (Å²) in [4.78, 5) is 22.1. The van der Waals surface area contributed by atoms with Gasteiger partial charge in [-0.2, -0.15) is 10.2 Å². The third kappa shape index (κ3) is 2.76. The minimum absolute atomic E-state index is 0.381. The molecular weight excluding hydrogens is 232 g/mol. The fourth-order valence-corrected chi connectivity index (χ4v) is 1.57. The Bertz CT molecular complexity index is 582. The lowest BCUT2D eigenvalue weighted by Crippen LogP contribution is -2.06. The molecule has 0 fully saturated rings. The van der Waals surface area contributed by atoms with E-state index in [2.05, 4.69) is 10.2 Å². The highest BCUT2D eigenvalue weighted by Crippen LogP contribution is 2.19. The molecule has 0 aliphatic rings. The van der Waals surface area contributed by atoms with Crippen molar-refractivity contribution in [3.63, 3.8) is 0 Å². The zero-order valence-electron chi connectivity index (χ0n) is 9.41. The normalized spacial score (nSPS) is 10.0. The van der Waals surface area contributed by atoms with Crippen LogP contribution in [0.5, 0.6) is 0 Å². The topological polar surface area (TPSA) is 80.1 Å². The molecular formula is C13H10N2O3. The van der Waals surface area contributed by atoms with E-state index in [1.54, 1.807) is 36.7 Å². The monoisotopic (exact) mass is 242 g/mol. The van der Waals surface area contributed by atoms with E-state index in [0.29, 0.717) is 5.56 Å². The number of nitrogens with zero attached hydrogens (tertiary/aromatic N) is 2. The minimum atomic E-state index is -1.13. The van der Waals surface area contributed by atoms with Crippen LogP contribution in [0.1, 0.15) is 16.8 Å². The zero-order valence-corrected chi connectivity index (χ0v) is 9.41. The smallest absolute Gasteiger partial charge is 0.311 e. The Balaban J connectivity index is 2.31. The average molecular weight is 242 g/mol. The summed E-state index contributed by atoms with van der Waals surface area (Å²) >= 11 is 0. The van der Waals surface area contributed by atoms with E-state index in [1.165, 1.54) is 0 Å². The second-order valence-corrected chi connectivity index (χ2v) is 3.71. The van der Waals surface area contributed by atoms with Crippen molar-refractivity contribution in [1.29, 1.82) is 0 Å². The number of benzene rings is 1. The van der Waals surface area contributed by atoms with Crippen LogP contribution in [0.25, 0.3) is 11.1 Å². The van der Waals surface area contributed by atoms with Gasteiger partial charge in [0.15, 0.2) is 5.78 Å². The molecule has 0 spiro atoms. The molecule has 1 aromatic carbocycles. The largest absolute Gasteiger partial charge is 0.481 e. The lowest BCUT2D eigenvalue weighted by Gasteiger charge is -2.03. The molecule has 0 saturated heterocycles. The summed E-state index contributed by atoms with van der Waals surface area (Å²) in [6.45, 7) is 0. The molecule has 5 heteroatoms. The van der Waals surface area contributed by atoms with E-state index in [1.807, 2.05) is 6.07 Å². The first kappa shape index (κ1) is 11.9. The molecule has 0 unspecified atom stereocenters. The van der Waals surface area contributed by atoms with Crippen LogP contribution in [-0.2, 0) is 4.79 Å². The Morgan fingerprint density at radius 1 is 1.11 bits per heavy atom. The molecule has 0 saturated carbocycles. The number of carboxylic acid groups (broad SMARTS) is 1. The van der Waals surface area contributed by atoms with Crippen LogP contribution >= 0.6 is 0 Å². The van der Waals surface area contributed by atoms with Gasteiger partial charge in [0.1, 0.15) is 6.42 Å². The molecule has 2 aromatic rings. The van der Waals surface area contributed by atoms with Gasteiger partial charge in [0.2, 0.25) is 0 Å². The van der Waals surface area contributed by atoms with Crippen LogP contribution in [0.2, 0.25) is 0 Å². The molecule has 0 atom stereocenters. The van der Waals surface area contributed by atoms with Crippen molar-refractivity contribution in [3.8, 4) is 11.1 Å². The third-order valence-corrected chi connectivity index (χ3v) is 2.41. The van der Waals surface area contributed by atoms with Gasteiger partial charge >= 0.3 is 5.97 Å². The second kappa shape index (κ2) is 5.18. The highest BCUT2D eigenvalue weighted by molar-refractivity contribution is 6.06. The Hall–Kier alpha value is -2.56. The van der Waals surface area contributed by atoms with Crippen LogP contribution in [-0.4, -0.2) is 27.1 Å². The van der Waals surface area contributed by atoms with Crippen LogP contribution in [0.3, 0.4) is 0 Å². The Morgan fingerprint density at radius 2 is 1.94 bits per heavy atom. The highest BCUT2D eigenvalue weighted by Gasteiger charge is 2.11. The molecule has 1 heterocycles. The third-order valence-electron chi connectivity index (χ3n) is 2.41. The Kier molecular flexibility index (Phi) is 3.43. The van der Waals surface area contributed by atoms with Crippen molar-refractivity contribution in [2.75, 3.05) is 0 Å². The second-order valence-electron chi connectivity index (χ2n) is 3.71. The number of aromatic nitrogens is 2. The fourth-order valence-electron chi connectivity index (χ4n) is 1.57. The lowest BCUT2D eigenvalue weighted by atomic mass is 10.0. The van der Waals surface area contributed by atoms with Crippen molar-refractivity contribution in [2.45, 2.75) is 6.42 Å². The van der Waals surface area contributed by atoms with Gasteiger partial charge in [-0.3, -0.25) is 9.59 Å². The number of Topliss-reactive ketones (excluding diaryl/α,β-unsaturated/α-hetero) is 1. The Morgan fingerprint density at radius 3 is 2.61 bits per heavy atom. The number of hydrogen-bond acceptors (Lipinski definition) is 4. The average Bonchev–Trinajstić information content (AvgIpc) is 2.39. The number of rotatable bonds is 4. The standard InChI is InChI=1S/C13H10N2O3/c16-12(7-13(17)18)10-3-1-2-9(6-10)11-4-5-14-15-8-11/h1-6,8H,7H2,(H,17,18). The number of carbonyl (C=O) groups is 2. The fraction of sp³-hybridized carbons (Fsp3) is 0.0769. The maximum absolute atomic E-state index is 11.6. The van der Waals surface area contributed by atoms with Gasteiger partial charge < -0.3 is 5.11 Å². The van der Waals surface area contributed by atoms with Crippen LogP contribution in [0.15, 0.2) is 42.7 Å². The molecule has 2 rings (SSSR count). The van der Waals surface area contributed by atoms with Gasteiger partial charge in [-0.15, -0.1) is 0 Å². The van der Waals surface area contributed by atoms with Gasteiger partial charge in [-0.05, 0) is 17.7 Å². The number of carboxylic acids is 1. The summed E-state index contributed by atoms with van der Waals surface area (Å²) in [5, 5.41) is 16.0. The van der Waals surface area contributed by atoms with E-state index in [-0.39, 0.29) is 0 Å². The van der Waals surface area contributed by atoms with Crippen molar-refractivity contribution in [2.24, 2.45) is 0 Å². The maximum Gasteiger partial charge on any atom is 0.311 e. The number of aliphatic carboxylic acids is 1. The van der Waals surface area contributed by atoms with Gasteiger partial charge in [0, 0.05) is 11.1 Å². The molecule has 0 amide bonds. The van der Waals surface area contributed by atoms with E-state index < -0.39 is 18.2 Å². The van der Waals surface area contributed by atoms with Gasteiger partial charge in [0.05, 0.1) is 12.4 Å². The number of carbonyl (C=O) groups excluding carboxylic acids is 1. The first-order valence-corrected chi connectivity index (χ1v) is 5.29. The first-order valence-electron chi connectivity index (χ1n) is 5.29. The molecule has 90 valence electrons. The SMILES string of the molecule is O=C(O)CC(=O)c1cccc(-c2ccnnc2)c1. The van der Waals surface area contributed by atoms with Crippen LogP contribution in [0, 0.1) is 0 Å². The zero-order chi connectivity index (χ0) is 13.0. The maximum atomic E-state index is 11.6. The van der Waals surface area contributed by atoms with Crippen LogP contribution in [0.4, 0.5) is 0 Å². The van der Waals surface area contributed by atoms with E-state index >= 15 is 0 Å². The van der Waals surface area contributed by atoms with Gasteiger partial charge in [-0.25, -0.2) is 0 Å². The molecule has 5 nitrogen and oxygen atoms in total. The van der Waals surface area contributed by atoms with E-state index in [9.17, 15) is 9.59 Å². The van der Waals surface area contributed by atoms with Crippen molar-refractivity contribution in [3.05, 3.63) is 48.3 Å². The van der Waals surface area contributed by atoms with Crippen molar-refractivity contribution >= 4 is 11.8 Å². The molecule has 1 N–H and O–H groups in total. The predicted molar refractivity (Wildman–Crippen MR) is 64.1 cm³/mol. The predicted octanol–water partition coefficient (Wildman–Crippen LogP) is 1.80. The van der Waals surface area contributed by atoms with Gasteiger partial charge in [-0.1, -0.05) is 18.2 Å². The summed E-state index contributed by atoms with van der Waals surface area (Å²) in [5.41, 5.74) is 2.02. The van der Waals surface area contributed by atoms with E-state index in [0.717, 1.165) is 11.1 Å². The quantitative estimate of drug-likeness (QED) is 0.653. The minimum Gasteiger partial charge on any atom is -0.481 e. The first-order chi connectivity index (χ1) is 8.66. The van der Waals surface area contributed by atoms with E-state index in [4.69, 9.17) is 5.11 Å². The molecule has 0 aliphatic heterocycles. The van der Waals surface area contributed by atoms with Crippen molar-refractivity contribution in [1.82, 2.24) is 10.2 Å². The highest BCUT2D eigenvalue weighted by atomic mass is 16.4. The molecule has 18 heavy (non-hydrogen) atoms. The van der Waals surface area contributed by atoms with Gasteiger partial charge in [0.25, 0.3) is 0 Å². The molecule has 0 aliphatic carbocycles. The summed E-state index contributed by atoms with van der Waals surface area (Å²) in [5.74, 6) is -1.54. The summed E-state index contributed by atoms with van der Waals surface area (Å²) in [6, 6.07) is 8.57. The molecule has 0 bridgehead atoms. The molecule has 1 aromatic heterocycles. The number of ketones is 1. The van der Waals surface area contributed by atoms with Crippen molar-refractivity contribution < 1.29 is 14.7 Å². The summed E-state index contributed by atoms with van der Waals surface area (Å²) < 4.78 is 0. The molecule has 0 radical (unpaired) electrons. The number of hydrogen-bond donors (Lipinski definition) is 1. The lowest BCUT2D eigenvalue weighted by molar-refractivity contribution is -0.135. The Labute approximate surface area is 103 Å².